The van der Waals surface area contributed by atoms with E-state index in [1.165, 1.54) is 6.20 Å². The second-order valence-corrected chi connectivity index (χ2v) is 5.70. The molecule has 0 spiro atoms. The molecule has 1 aromatic carbocycles. The molecule has 0 fully saturated rings. The lowest BCUT2D eigenvalue weighted by Crippen LogP contribution is -2.33. The van der Waals surface area contributed by atoms with E-state index >= 15 is 0 Å². The molecule has 3 heterocycles. The van der Waals surface area contributed by atoms with Gasteiger partial charge in [0.25, 0.3) is 5.91 Å². The first-order valence-electron chi connectivity index (χ1n) is 7.82. The van der Waals surface area contributed by atoms with Gasteiger partial charge < -0.3 is 19.3 Å². The van der Waals surface area contributed by atoms with Crippen molar-refractivity contribution in [2.75, 3.05) is 11.9 Å². The van der Waals surface area contributed by atoms with Gasteiger partial charge in [0.05, 0.1) is 24.6 Å². The van der Waals surface area contributed by atoms with Crippen molar-refractivity contribution in [3.8, 4) is 11.5 Å². The van der Waals surface area contributed by atoms with Crippen LogP contribution >= 0.6 is 0 Å². The fraction of sp³-hybridized carbons (Fsp3) is 0.235. The van der Waals surface area contributed by atoms with Crippen molar-refractivity contribution in [1.29, 1.82) is 0 Å². The quantitative estimate of drug-likeness (QED) is 0.783. The summed E-state index contributed by atoms with van der Waals surface area (Å²) in [6.07, 6.45) is 4.56. The van der Waals surface area contributed by atoms with Crippen LogP contribution in [0.2, 0.25) is 0 Å². The van der Waals surface area contributed by atoms with Crippen LogP contribution in [-0.4, -0.2) is 33.6 Å². The first-order valence-corrected chi connectivity index (χ1v) is 7.82. The number of nitrogens with one attached hydrogen (secondary N) is 1. The van der Waals surface area contributed by atoms with Crippen LogP contribution in [0.15, 0.2) is 47.4 Å². The van der Waals surface area contributed by atoms with Crippen molar-refractivity contribution in [3.05, 3.63) is 54.2 Å². The average Bonchev–Trinajstić information content (AvgIpc) is 3.23. The first-order chi connectivity index (χ1) is 12.2. The van der Waals surface area contributed by atoms with Gasteiger partial charge in [-0.05, 0) is 19.1 Å². The number of hydrogen-bond acceptors (Lipinski definition) is 6. The number of fused-ring (bicyclic) bond motifs is 1. The number of nitrogens with zero attached hydrogens (tertiary/aromatic N) is 3. The van der Waals surface area contributed by atoms with Gasteiger partial charge >= 0.3 is 0 Å². The van der Waals surface area contributed by atoms with E-state index in [9.17, 15) is 4.79 Å². The Balaban J connectivity index is 1.39. The molecule has 0 saturated carbocycles. The Morgan fingerprint density at radius 1 is 1.32 bits per heavy atom. The lowest BCUT2D eigenvalue weighted by molar-refractivity contribution is 0.0759. The van der Waals surface area contributed by atoms with Crippen LogP contribution in [0.3, 0.4) is 0 Å². The number of hydrogen-bond donors (Lipinski definition) is 1. The summed E-state index contributed by atoms with van der Waals surface area (Å²) in [5.74, 6) is 1.65. The molecule has 1 aliphatic rings. The number of benzene rings is 1. The van der Waals surface area contributed by atoms with Gasteiger partial charge in [-0.2, -0.15) is 5.10 Å². The Labute approximate surface area is 143 Å². The third-order valence-corrected chi connectivity index (χ3v) is 3.84. The maximum Gasteiger partial charge on any atom is 0.260 e. The van der Waals surface area contributed by atoms with E-state index in [-0.39, 0.29) is 12.0 Å². The monoisotopic (exact) mass is 340 g/mol. The van der Waals surface area contributed by atoms with Gasteiger partial charge in [-0.3, -0.25) is 9.48 Å². The van der Waals surface area contributed by atoms with Crippen molar-refractivity contribution in [2.24, 2.45) is 0 Å². The van der Waals surface area contributed by atoms with Crippen molar-refractivity contribution >= 4 is 11.6 Å². The van der Waals surface area contributed by atoms with Crippen LogP contribution in [0.4, 0.5) is 5.69 Å². The summed E-state index contributed by atoms with van der Waals surface area (Å²) in [6.45, 7) is 2.64. The van der Waals surface area contributed by atoms with Crippen LogP contribution in [0.1, 0.15) is 16.1 Å². The van der Waals surface area contributed by atoms with Crippen LogP contribution in [-0.2, 0) is 6.54 Å². The third kappa shape index (κ3) is 3.18. The van der Waals surface area contributed by atoms with Gasteiger partial charge in [-0.1, -0.05) is 17.3 Å². The minimum Gasteiger partial charge on any atom is -0.486 e. The molecule has 1 atom stereocenters. The number of carbonyl (C=O) groups excluding carboxylic acids is 1. The topological polar surface area (TPSA) is 91.4 Å². The first kappa shape index (κ1) is 15.3. The molecule has 3 aromatic rings. The molecule has 8 nitrogen and oxygen atoms in total. The molecule has 0 bridgehead atoms. The predicted molar refractivity (Wildman–Crippen MR) is 87.8 cm³/mol. The summed E-state index contributed by atoms with van der Waals surface area (Å²) < 4.78 is 18.2. The van der Waals surface area contributed by atoms with Gasteiger partial charge in [0.1, 0.15) is 17.9 Å². The maximum atomic E-state index is 12.1. The summed E-state index contributed by atoms with van der Waals surface area (Å²) >= 11 is 0. The normalized spacial score (nSPS) is 15.8. The van der Waals surface area contributed by atoms with E-state index in [4.69, 9.17) is 14.0 Å². The van der Waals surface area contributed by atoms with E-state index in [1.54, 1.807) is 24.0 Å². The molecule has 8 heteroatoms. The molecular weight excluding hydrogens is 324 g/mol. The molecule has 1 N–H and O–H groups in total. The van der Waals surface area contributed by atoms with Crippen molar-refractivity contribution < 1.29 is 18.8 Å². The molecule has 0 radical (unpaired) electrons. The summed E-state index contributed by atoms with van der Waals surface area (Å²) in [5, 5.41) is 10.6. The molecule has 1 aliphatic heterocycles. The Hall–Kier alpha value is -3.29. The van der Waals surface area contributed by atoms with E-state index in [1.807, 2.05) is 24.3 Å². The lowest BCUT2D eigenvalue weighted by Gasteiger charge is -2.26. The number of aromatic nitrogens is 3. The zero-order valence-electron chi connectivity index (χ0n) is 13.5. The standard InChI is InChI=1S/C17H16N4O4/c1-11-14(7-19-25-11)17(22)20-12-6-18-21(8-12)9-13-10-23-15-4-2-3-5-16(15)24-13/h2-8,13H,9-10H2,1H3,(H,20,22)/t13-/m0/s1. The zero-order chi connectivity index (χ0) is 17.2. The summed E-state index contributed by atoms with van der Waals surface area (Å²) in [6, 6.07) is 7.55. The van der Waals surface area contributed by atoms with Crippen molar-refractivity contribution in [1.82, 2.24) is 14.9 Å². The Bertz CT molecular complexity index is 901. The van der Waals surface area contributed by atoms with Crippen LogP contribution in [0.25, 0.3) is 0 Å². The Morgan fingerprint density at radius 2 is 2.16 bits per heavy atom. The summed E-state index contributed by atoms with van der Waals surface area (Å²) in [4.78, 5) is 12.1. The number of para-hydroxylation sites is 2. The molecular formula is C17H16N4O4. The smallest absolute Gasteiger partial charge is 0.260 e. The van der Waals surface area contributed by atoms with Gasteiger partial charge in [-0.15, -0.1) is 0 Å². The van der Waals surface area contributed by atoms with Gasteiger partial charge in [0, 0.05) is 6.20 Å². The predicted octanol–water partition coefficient (Wildman–Crippen LogP) is 2.27. The minimum atomic E-state index is -0.288. The van der Waals surface area contributed by atoms with E-state index < -0.39 is 0 Å². The molecule has 0 aliphatic carbocycles. The Morgan fingerprint density at radius 3 is 2.96 bits per heavy atom. The second-order valence-electron chi connectivity index (χ2n) is 5.70. The van der Waals surface area contributed by atoms with E-state index in [2.05, 4.69) is 15.6 Å². The number of aryl methyl sites for hydroxylation is 1. The Kier molecular flexibility index (Phi) is 3.85. The molecule has 4 rings (SSSR count). The highest BCUT2D eigenvalue weighted by Crippen LogP contribution is 2.31. The SMILES string of the molecule is Cc1oncc1C(=O)Nc1cnn(C[C@H]2COc3ccccc3O2)c1. The number of amides is 1. The fourth-order valence-corrected chi connectivity index (χ4v) is 2.60. The highest BCUT2D eigenvalue weighted by atomic mass is 16.6. The van der Waals surface area contributed by atoms with Crippen molar-refractivity contribution in [3.63, 3.8) is 0 Å². The van der Waals surface area contributed by atoms with Crippen LogP contribution in [0, 0.1) is 6.92 Å². The summed E-state index contributed by atoms with van der Waals surface area (Å²) in [7, 11) is 0. The molecule has 2 aromatic heterocycles. The fourth-order valence-electron chi connectivity index (χ4n) is 2.60. The molecule has 0 unspecified atom stereocenters. The summed E-state index contributed by atoms with van der Waals surface area (Å²) in [5.41, 5.74) is 0.982. The van der Waals surface area contributed by atoms with Crippen LogP contribution in [0.5, 0.6) is 11.5 Å². The molecule has 1 amide bonds. The third-order valence-electron chi connectivity index (χ3n) is 3.84. The number of anilines is 1. The zero-order valence-corrected chi connectivity index (χ0v) is 13.5. The average molecular weight is 340 g/mol. The highest BCUT2D eigenvalue weighted by Gasteiger charge is 2.21. The minimum absolute atomic E-state index is 0.154. The van der Waals surface area contributed by atoms with Gasteiger partial charge in [-0.25, -0.2) is 0 Å². The largest absolute Gasteiger partial charge is 0.486 e. The van der Waals surface area contributed by atoms with Crippen LogP contribution < -0.4 is 14.8 Å². The molecule has 25 heavy (non-hydrogen) atoms. The van der Waals surface area contributed by atoms with E-state index in [0.717, 1.165) is 11.5 Å². The number of rotatable bonds is 4. The molecule has 0 saturated heterocycles. The second kappa shape index (κ2) is 6.31. The maximum absolute atomic E-state index is 12.1. The van der Waals surface area contributed by atoms with Gasteiger partial charge in [0.15, 0.2) is 17.6 Å². The van der Waals surface area contributed by atoms with Gasteiger partial charge in [0.2, 0.25) is 0 Å². The van der Waals surface area contributed by atoms with Crippen molar-refractivity contribution in [2.45, 2.75) is 19.6 Å². The highest BCUT2D eigenvalue weighted by molar-refractivity contribution is 6.04. The lowest BCUT2D eigenvalue weighted by atomic mass is 10.2. The number of carbonyl (C=O) groups is 1. The number of ether oxygens (including phenoxy) is 2. The van der Waals surface area contributed by atoms with E-state index in [0.29, 0.717) is 30.2 Å². The molecule has 128 valence electrons.